The third-order valence-electron chi connectivity index (χ3n) is 1.34. The summed E-state index contributed by atoms with van der Waals surface area (Å²) in [6.07, 6.45) is 15.6. The fourth-order valence-electron chi connectivity index (χ4n) is 0.666. The lowest BCUT2D eigenvalue weighted by Crippen LogP contribution is -2.01. The molecule has 3 aromatic heterocycles. The molecule has 0 fully saturated rings. The monoisotopic (exact) mass is 293 g/mol. The molecular weight excluding hydrogens is 282 g/mol. The fourth-order valence-corrected chi connectivity index (χ4v) is 0.666. The second-order valence-corrected chi connectivity index (χ2v) is 2.69. The molecule has 4 heterocycles. The number of nitrogens with zero attached hydrogens (tertiary/aromatic N) is 6. The molecule has 1 N–H and O–H groups in total. The van der Waals surface area contributed by atoms with E-state index in [0.29, 0.717) is 0 Å². The van der Waals surface area contributed by atoms with E-state index in [1.165, 1.54) is 37.3 Å². The van der Waals surface area contributed by atoms with Crippen LogP contribution in [0.15, 0.2) is 75.6 Å². The van der Waals surface area contributed by atoms with Gasteiger partial charge in [-0.1, -0.05) is 10.3 Å². The number of hydrogen-bond acceptors (Lipinski definition) is 11. The van der Waals surface area contributed by atoms with Crippen LogP contribution in [0.25, 0.3) is 0 Å². The van der Waals surface area contributed by atoms with Gasteiger partial charge in [0.2, 0.25) is 0 Å². The van der Waals surface area contributed by atoms with E-state index in [4.69, 9.17) is 0 Å². The van der Waals surface area contributed by atoms with Gasteiger partial charge in [0.05, 0.1) is 24.8 Å². The van der Waals surface area contributed by atoms with Gasteiger partial charge in [-0.15, -0.1) is 10.2 Å². The first kappa shape index (κ1) is 15.6. The van der Waals surface area contributed by atoms with E-state index in [9.17, 15) is 0 Å². The first-order chi connectivity index (χ1) is 10.5. The van der Waals surface area contributed by atoms with Gasteiger partial charge in [-0.3, -0.25) is 0 Å². The summed E-state index contributed by atoms with van der Waals surface area (Å²) in [5, 5.41) is 19.3. The highest BCUT2D eigenvalue weighted by molar-refractivity contribution is 5.00. The molecule has 11 heteroatoms. The second-order valence-electron chi connectivity index (χ2n) is 2.69. The van der Waals surface area contributed by atoms with Crippen molar-refractivity contribution in [2.24, 2.45) is 0 Å². The van der Waals surface area contributed by atoms with E-state index in [1.54, 1.807) is 18.5 Å². The summed E-state index contributed by atoms with van der Waals surface area (Å²) in [7, 11) is 0. The molecule has 0 aliphatic carbocycles. The first-order valence-electron chi connectivity index (χ1n) is 5.36. The minimum atomic E-state index is 1.40. The number of hydroxylamine groups is 1. The Morgan fingerprint density at radius 1 is 0.762 bits per heavy atom. The Kier molecular flexibility index (Phi) is 9.59. The van der Waals surface area contributed by atoms with Crippen molar-refractivity contribution in [2.75, 3.05) is 0 Å². The number of nitrogens with one attached hydrogen (secondary N) is 1. The van der Waals surface area contributed by atoms with Crippen LogP contribution in [0.1, 0.15) is 0 Å². The molecular formula is C10H11N7O4. The number of rotatable bonds is 0. The summed E-state index contributed by atoms with van der Waals surface area (Å²) >= 11 is 0. The lowest BCUT2D eigenvalue weighted by molar-refractivity contribution is 0.172. The molecule has 1 aliphatic heterocycles. The number of allylic oxidation sites excluding steroid dienone is 2. The molecule has 0 saturated heterocycles. The van der Waals surface area contributed by atoms with Crippen molar-refractivity contribution < 1.29 is 18.5 Å². The summed E-state index contributed by atoms with van der Waals surface area (Å²) in [5.41, 5.74) is 2.52. The van der Waals surface area contributed by atoms with Crippen molar-refractivity contribution in [1.82, 2.24) is 36.5 Å². The number of hydrogen-bond donors (Lipinski definition) is 1. The van der Waals surface area contributed by atoms with Gasteiger partial charge in [0.15, 0.2) is 0 Å². The maximum atomic E-state index is 4.55. The van der Waals surface area contributed by atoms with Crippen LogP contribution in [-0.2, 0) is 4.84 Å². The van der Waals surface area contributed by atoms with Crippen molar-refractivity contribution in [3.05, 3.63) is 61.9 Å². The van der Waals surface area contributed by atoms with Crippen LogP contribution in [0, 0.1) is 0 Å². The van der Waals surface area contributed by atoms with E-state index in [1.807, 2.05) is 6.08 Å². The summed E-state index contributed by atoms with van der Waals surface area (Å²) in [4.78, 5) is 4.55. The third kappa shape index (κ3) is 11.3. The Hall–Kier alpha value is -3.50. The van der Waals surface area contributed by atoms with Crippen molar-refractivity contribution in [1.29, 1.82) is 0 Å². The van der Waals surface area contributed by atoms with E-state index in [2.05, 4.69) is 55.0 Å². The molecule has 1 aliphatic rings. The zero-order valence-electron chi connectivity index (χ0n) is 10.6. The molecule has 0 aromatic carbocycles. The van der Waals surface area contributed by atoms with Crippen molar-refractivity contribution in [2.45, 2.75) is 0 Å². The van der Waals surface area contributed by atoms with E-state index in [0.717, 1.165) is 0 Å². The predicted molar refractivity (Wildman–Crippen MR) is 65.4 cm³/mol. The molecule has 0 spiro atoms. The lowest BCUT2D eigenvalue weighted by atomic mass is 10.6. The molecule has 0 radical (unpaired) electrons. The maximum absolute atomic E-state index is 4.55. The van der Waals surface area contributed by atoms with E-state index < -0.39 is 0 Å². The van der Waals surface area contributed by atoms with Gasteiger partial charge in [-0.25, -0.2) is 10.1 Å². The highest BCUT2D eigenvalue weighted by atomic mass is 16.6. The zero-order valence-corrected chi connectivity index (χ0v) is 10.6. The van der Waals surface area contributed by atoms with Gasteiger partial charge >= 0.3 is 0 Å². The smallest absolute Gasteiger partial charge is 0.144 e. The number of aromatic nitrogens is 6. The molecule has 0 atom stereocenters. The van der Waals surface area contributed by atoms with Crippen LogP contribution in [-0.4, -0.2) is 31.1 Å². The maximum Gasteiger partial charge on any atom is 0.144 e. The van der Waals surface area contributed by atoms with Gasteiger partial charge in [0.25, 0.3) is 0 Å². The molecule has 0 saturated carbocycles. The van der Waals surface area contributed by atoms with Gasteiger partial charge < -0.3 is 13.9 Å². The Labute approximate surface area is 118 Å². The van der Waals surface area contributed by atoms with Crippen molar-refractivity contribution in [3.63, 3.8) is 0 Å². The highest BCUT2D eigenvalue weighted by Crippen LogP contribution is 1.80. The van der Waals surface area contributed by atoms with Crippen LogP contribution in [0.3, 0.4) is 0 Å². The summed E-state index contributed by atoms with van der Waals surface area (Å²) in [6, 6.07) is 0. The fraction of sp³-hybridized carbons (Fsp3) is 0. The minimum Gasteiger partial charge on any atom is -0.391 e. The van der Waals surface area contributed by atoms with E-state index >= 15 is 0 Å². The van der Waals surface area contributed by atoms with Crippen LogP contribution < -0.4 is 5.48 Å². The van der Waals surface area contributed by atoms with Crippen LogP contribution in [0.2, 0.25) is 0 Å². The molecule has 0 unspecified atom stereocenters. The lowest BCUT2D eigenvalue weighted by Gasteiger charge is -1.97. The average Bonchev–Trinajstić information content (AvgIpc) is 3.38. The van der Waals surface area contributed by atoms with Crippen LogP contribution in [0.4, 0.5) is 0 Å². The summed E-state index contributed by atoms with van der Waals surface area (Å²) in [5.74, 6) is 0. The van der Waals surface area contributed by atoms with Gasteiger partial charge in [-0.2, -0.15) is 0 Å². The van der Waals surface area contributed by atoms with Crippen molar-refractivity contribution >= 4 is 0 Å². The Balaban J connectivity index is 0.000000140. The Bertz CT molecular complexity index is 410. The van der Waals surface area contributed by atoms with E-state index in [-0.39, 0.29) is 0 Å². The molecule has 110 valence electrons. The molecule has 0 amide bonds. The molecule has 0 bridgehead atoms. The quantitative estimate of drug-likeness (QED) is 0.628. The largest absolute Gasteiger partial charge is 0.391 e. The molecule has 4 rings (SSSR count). The van der Waals surface area contributed by atoms with Gasteiger partial charge in [0.1, 0.15) is 18.8 Å². The minimum absolute atomic E-state index is 1.40. The van der Waals surface area contributed by atoms with Gasteiger partial charge in [-0.05, 0) is 12.2 Å². The molecule has 21 heavy (non-hydrogen) atoms. The first-order valence-corrected chi connectivity index (χ1v) is 5.36. The van der Waals surface area contributed by atoms with Crippen molar-refractivity contribution in [3.8, 4) is 0 Å². The summed E-state index contributed by atoms with van der Waals surface area (Å²) in [6.45, 7) is 0. The molecule has 11 nitrogen and oxygen atoms in total. The average molecular weight is 293 g/mol. The predicted octanol–water partition coefficient (Wildman–Crippen LogP) is 0.757. The standard InChI is InChI=1S/C4H5NO.3C2H2N2O/c1-2-4-6-5-3-1;2*1-2-5-4-3-1;1-2-4-5-3-1/h1-5H;3*1-2H. The SMILES string of the molecule is C1=CNOC=C1.c1cnon1.c1conn1.c1conn1. The van der Waals surface area contributed by atoms with Crippen LogP contribution in [0.5, 0.6) is 0 Å². The zero-order chi connectivity index (χ0) is 14.8. The van der Waals surface area contributed by atoms with Crippen LogP contribution >= 0.6 is 0 Å². The Morgan fingerprint density at radius 3 is 1.57 bits per heavy atom. The third-order valence-corrected chi connectivity index (χ3v) is 1.34. The second kappa shape index (κ2) is 12.9. The molecule has 3 aromatic rings. The summed E-state index contributed by atoms with van der Waals surface area (Å²) < 4.78 is 12.5. The Morgan fingerprint density at radius 2 is 1.43 bits per heavy atom. The van der Waals surface area contributed by atoms with Gasteiger partial charge in [0, 0.05) is 16.7 Å². The highest BCUT2D eigenvalue weighted by Gasteiger charge is 1.72. The topological polar surface area (TPSA) is 138 Å². The normalized spacial score (nSPS) is 10.3.